The summed E-state index contributed by atoms with van der Waals surface area (Å²) in [5, 5.41) is 12.7. The van der Waals surface area contributed by atoms with Crippen LogP contribution in [0.2, 0.25) is 0 Å². The number of sulfone groups is 1. The average Bonchev–Trinajstić information content (AvgIpc) is 3.75. The molecule has 7 heteroatoms. The number of benzene rings is 3. The number of carboxylic acids is 1. The van der Waals surface area contributed by atoms with Gasteiger partial charge in [-0.15, -0.1) is 0 Å². The van der Waals surface area contributed by atoms with Crippen LogP contribution in [0.15, 0.2) is 54.6 Å². The third-order valence-electron chi connectivity index (χ3n) is 8.83. The fraction of sp³-hybridized carbons (Fsp3) is 0.424. The fourth-order valence-electron chi connectivity index (χ4n) is 6.35. The highest BCUT2D eigenvalue weighted by atomic mass is 32.2. The van der Waals surface area contributed by atoms with Gasteiger partial charge in [0, 0.05) is 12.2 Å². The lowest BCUT2D eigenvalue weighted by Gasteiger charge is -2.23. The molecule has 2 N–H and O–H groups in total. The summed E-state index contributed by atoms with van der Waals surface area (Å²) in [4.78, 5) is 11.2. The highest BCUT2D eigenvalue weighted by molar-refractivity contribution is 7.91. The molecule has 2 unspecified atom stereocenters. The number of aryl methyl sites for hydroxylation is 3. The highest BCUT2D eigenvalue weighted by Gasteiger charge is 2.44. The van der Waals surface area contributed by atoms with Crippen molar-refractivity contribution in [3.05, 3.63) is 82.4 Å². The predicted molar refractivity (Wildman–Crippen MR) is 158 cm³/mol. The maximum Gasteiger partial charge on any atom is 0.307 e. The lowest BCUT2D eigenvalue weighted by molar-refractivity contribution is -0.138. The van der Waals surface area contributed by atoms with Crippen molar-refractivity contribution in [1.29, 1.82) is 0 Å². The number of carbonyl (C=O) groups is 1. The molecule has 2 aliphatic carbocycles. The van der Waals surface area contributed by atoms with E-state index >= 15 is 0 Å². The molecule has 3 aliphatic rings. The molecule has 1 aliphatic heterocycles. The van der Waals surface area contributed by atoms with Crippen molar-refractivity contribution in [1.82, 2.24) is 0 Å². The summed E-state index contributed by atoms with van der Waals surface area (Å²) in [5.74, 6) is 0.950. The van der Waals surface area contributed by atoms with Gasteiger partial charge < -0.3 is 15.2 Å². The Labute approximate surface area is 236 Å². The number of aliphatic carboxylic acids is 1. The molecule has 210 valence electrons. The van der Waals surface area contributed by atoms with Crippen LogP contribution in [-0.2, 0) is 34.0 Å². The van der Waals surface area contributed by atoms with Gasteiger partial charge in [0.05, 0.1) is 24.0 Å². The van der Waals surface area contributed by atoms with Gasteiger partial charge in [0.25, 0.3) is 0 Å². The summed E-state index contributed by atoms with van der Waals surface area (Å²) in [7, 11) is -2.86. The van der Waals surface area contributed by atoms with Gasteiger partial charge in [0.1, 0.15) is 15.6 Å². The van der Waals surface area contributed by atoms with Gasteiger partial charge in [-0.1, -0.05) is 24.3 Å². The second-order valence-corrected chi connectivity index (χ2v) is 14.1. The molecule has 6 rings (SSSR count). The Hall–Kier alpha value is -3.32. The molecule has 1 saturated heterocycles. The van der Waals surface area contributed by atoms with Crippen LogP contribution >= 0.6 is 0 Å². The monoisotopic (exact) mass is 559 g/mol. The minimum Gasteiger partial charge on any atom is -0.493 e. The van der Waals surface area contributed by atoms with E-state index in [0.29, 0.717) is 31.9 Å². The minimum atomic E-state index is -2.86. The van der Waals surface area contributed by atoms with Gasteiger partial charge in [-0.3, -0.25) is 4.79 Å². The molecule has 0 bridgehead atoms. The fourth-order valence-corrected chi connectivity index (χ4v) is 7.94. The molecule has 1 saturated carbocycles. The molecule has 0 amide bonds. The molecular weight excluding hydrogens is 522 g/mol. The molecule has 2 atom stereocenters. The number of anilines is 1. The molecular formula is C33H37NO5S. The van der Waals surface area contributed by atoms with Crippen LogP contribution in [0, 0.1) is 18.8 Å². The van der Waals surface area contributed by atoms with E-state index < -0.39 is 15.8 Å². The Morgan fingerprint density at radius 1 is 1.00 bits per heavy atom. The minimum absolute atomic E-state index is 0.149. The first-order chi connectivity index (χ1) is 19.3. The maximum absolute atomic E-state index is 11.7. The van der Waals surface area contributed by atoms with E-state index in [1.165, 1.54) is 33.4 Å². The van der Waals surface area contributed by atoms with E-state index in [1.807, 2.05) is 24.3 Å². The molecule has 1 heterocycles. The summed E-state index contributed by atoms with van der Waals surface area (Å²) in [6.07, 6.45) is 5.26. The summed E-state index contributed by atoms with van der Waals surface area (Å²) >= 11 is 0. The Morgan fingerprint density at radius 2 is 1.75 bits per heavy atom. The summed E-state index contributed by atoms with van der Waals surface area (Å²) in [5.41, 5.74) is 9.87. The normalized spacial score (nSPS) is 21.5. The van der Waals surface area contributed by atoms with Gasteiger partial charge in [0.15, 0.2) is 0 Å². The smallest absolute Gasteiger partial charge is 0.307 e. The van der Waals surface area contributed by atoms with Crippen molar-refractivity contribution in [3.8, 4) is 16.9 Å². The van der Waals surface area contributed by atoms with Crippen LogP contribution in [0.3, 0.4) is 0 Å². The third-order valence-corrected chi connectivity index (χ3v) is 10.5. The van der Waals surface area contributed by atoms with Crippen molar-refractivity contribution in [2.45, 2.75) is 57.9 Å². The number of nitrogens with one attached hydrogen (secondary N) is 1. The number of rotatable bonds is 8. The van der Waals surface area contributed by atoms with Crippen LogP contribution in [-0.4, -0.2) is 37.6 Å². The first-order valence-electron chi connectivity index (χ1n) is 14.4. The van der Waals surface area contributed by atoms with E-state index in [9.17, 15) is 18.3 Å². The van der Waals surface area contributed by atoms with Gasteiger partial charge in [-0.25, -0.2) is 8.42 Å². The number of fused-ring (bicyclic) bond motifs is 3. The maximum atomic E-state index is 11.7. The number of hydrogen-bond acceptors (Lipinski definition) is 5. The van der Waals surface area contributed by atoms with Crippen LogP contribution in [0.25, 0.3) is 11.1 Å². The molecule has 6 nitrogen and oxygen atoms in total. The molecule has 0 aromatic heterocycles. The number of hydrogen-bond donors (Lipinski definition) is 2. The van der Waals surface area contributed by atoms with Gasteiger partial charge in [0.2, 0.25) is 0 Å². The molecule has 0 radical (unpaired) electrons. The Kier molecular flexibility index (Phi) is 7.34. The average molecular weight is 560 g/mol. The first kappa shape index (κ1) is 26.9. The van der Waals surface area contributed by atoms with E-state index in [4.69, 9.17) is 4.74 Å². The standard InChI is InChI=1S/C33H37NO5S/c1-21-15-28(39-20-22-11-13-40(37,38)14-12-22)17-26-4-2-3-24-6-5-23(16-30(24)32(21)26)19-34-27-9-7-25(8-10-27)29-18-31(29)33(35)36/h5-10,15-17,22,29,31,34H,2-4,11-14,18-20H2,1H3,(H,35,36). The Morgan fingerprint density at radius 3 is 2.48 bits per heavy atom. The summed E-state index contributed by atoms with van der Waals surface area (Å²) in [6, 6.07) is 19.3. The number of ether oxygens (including phenoxy) is 1. The van der Waals surface area contributed by atoms with Gasteiger partial charge >= 0.3 is 5.97 Å². The molecule has 3 aromatic carbocycles. The summed E-state index contributed by atoms with van der Waals surface area (Å²) in [6.45, 7) is 3.44. The second-order valence-electron chi connectivity index (χ2n) is 11.8. The SMILES string of the molecule is Cc1cc(OCC2CCS(=O)(=O)CC2)cc2c1-c1cc(CNc3ccc(C4CC4C(=O)O)cc3)ccc1CCC2. The predicted octanol–water partition coefficient (Wildman–Crippen LogP) is 6.15. The van der Waals surface area contributed by atoms with E-state index in [0.717, 1.165) is 42.7 Å². The Bertz CT molecular complexity index is 1520. The first-order valence-corrected chi connectivity index (χ1v) is 16.2. The van der Waals surface area contributed by atoms with Crippen molar-refractivity contribution in [3.63, 3.8) is 0 Å². The molecule has 2 fully saturated rings. The van der Waals surface area contributed by atoms with Crippen LogP contribution < -0.4 is 10.1 Å². The van der Waals surface area contributed by atoms with Crippen molar-refractivity contribution >= 4 is 21.5 Å². The van der Waals surface area contributed by atoms with E-state index in [1.54, 1.807) is 0 Å². The zero-order chi connectivity index (χ0) is 27.9. The van der Waals surface area contributed by atoms with E-state index in [-0.39, 0.29) is 23.3 Å². The largest absolute Gasteiger partial charge is 0.493 e. The quantitative estimate of drug-likeness (QED) is 0.344. The Balaban J connectivity index is 1.14. The summed E-state index contributed by atoms with van der Waals surface area (Å²) < 4.78 is 29.7. The molecule has 40 heavy (non-hydrogen) atoms. The molecule has 0 spiro atoms. The van der Waals surface area contributed by atoms with Crippen LogP contribution in [0.1, 0.15) is 59.4 Å². The van der Waals surface area contributed by atoms with E-state index in [2.05, 4.69) is 42.6 Å². The topological polar surface area (TPSA) is 92.7 Å². The van der Waals surface area contributed by atoms with Crippen molar-refractivity contribution < 1.29 is 23.1 Å². The van der Waals surface area contributed by atoms with Crippen molar-refractivity contribution in [2.75, 3.05) is 23.4 Å². The lowest BCUT2D eigenvalue weighted by Crippen LogP contribution is -2.26. The second kappa shape index (κ2) is 10.9. The zero-order valence-corrected chi connectivity index (χ0v) is 23.8. The number of carboxylic acid groups (broad SMARTS) is 1. The lowest BCUT2D eigenvalue weighted by atomic mass is 9.91. The third kappa shape index (κ3) is 5.90. The van der Waals surface area contributed by atoms with Crippen molar-refractivity contribution in [2.24, 2.45) is 11.8 Å². The highest BCUT2D eigenvalue weighted by Crippen LogP contribution is 2.47. The molecule has 3 aromatic rings. The van der Waals surface area contributed by atoms with Gasteiger partial charge in [-0.05, 0) is 127 Å². The van der Waals surface area contributed by atoms with Crippen LogP contribution in [0.4, 0.5) is 5.69 Å². The van der Waals surface area contributed by atoms with Gasteiger partial charge in [-0.2, -0.15) is 0 Å². The van der Waals surface area contributed by atoms with Crippen LogP contribution in [0.5, 0.6) is 5.75 Å². The zero-order valence-electron chi connectivity index (χ0n) is 23.0.